The Labute approximate surface area is 75.4 Å². The van der Waals surface area contributed by atoms with Crippen molar-refractivity contribution in [3.8, 4) is 0 Å². The molecule has 0 saturated heterocycles. The quantitative estimate of drug-likeness (QED) is 0.478. The Morgan fingerprint density at radius 1 is 1.00 bits per heavy atom. The minimum atomic E-state index is -4.31. The van der Waals surface area contributed by atoms with Crippen LogP contribution in [-0.2, 0) is 20.2 Å². The molecule has 0 aromatic carbocycles. The third-order valence-electron chi connectivity index (χ3n) is 2.09. The molecule has 78 valence electrons. The number of hydrogen-bond acceptors (Lipinski definition) is 5. The summed E-state index contributed by atoms with van der Waals surface area (Å²) in [4.78, 5) is 0. The molecule has 0 aliphatic heterocycles. The highest BCUT2D eigenvalue weighted by molar-refractivity contribution is 7.88. The topological polar surface area (TPSA) is 135 Å². The molecule has 0 aromatic heterocycles. The van der Waals surface area contributed by atoms with E-state index in [2.05, 4.69) is 0 Å². The smallest absolute Gasteiger partial charge is 0.269 e. The average molecular weight is 231 g/mol. The number of hydrogen-bond donors (Lipinski definition) is 3. The largest absolute Gasteiger partial charge is 0.325 e. The Hall–Kier alpha value is -0.220. The maximum atomic E-state index is 10.5. The maximum absolute atomic E-state index is 10.5. The zero-order valence-electron chi connectivity index (χ0n) is 6.36. The second-order valence-corrected chi connectivity index (χ2v) is 6.19. The third kappa shape index (κ3) is 1.99. The first kappa shape index (κ1) is 10.9. The zero-order valence-corrected chi connectivity index (χ0v) is 7.99. The van der Waals surface area contributed by atoms with Crippen molar-refractivity contribution >= 4 is 20.2 Å². The summed E-state index contributed by atoms with van der Waals surface area (Å²) in [6, 6.07) is -1.26. The van der Waals surface area contributed by atoms with E-state index in [0.717, 1.165) is 0 Å². The van der Waals surface area contributed by atoms with E-state index in [1.165, 1.54) is 0 Å². The van der Waals surface area contributed by atoms with Crippen LogP contribution >= 0.6 is 0 Å². The summed E-state index contributed by atoms with van der Waals surface area (Å²) in [5, 5.41) is -2.58. The molecule has 0 amide bonds. The maximum Gasteiger partial charge on any atom is 0.269 e. The first-order valence-corrected chi connectivity index (χ1v) is 6.33. The molecule has 7 nitrogen and oxygen atoms in total. The molecule has 1 saturated carbocycles. The summed E-state index contributed by atoms with van der Waals surface area (Å²) in [7, 11) is -8.62. The first-order valence-electron chi connectivity index (χ1n) is 3.32. The first-order chi connectivity index (χ1) is 5.64. The molecule has 1 fully saturated rings. The summed E-state index contributed by atoms with van der Waals surface area (Å²) in [6.45, 7) is 0. The van der Waals surface area contributed by atoms with Crippen molar-refractivity contribution in [1.29, 1.82) is 0 Å². The van der Waals surface area contributed by atoms with Crippen LogP contribution < -0.4 is 5.73 Å². The summed E-state index contributed by atoms with van der Waals surface area (Å²) in [6.07, 6.45) is -0.362. The average Bonchev–Trinajstić information content (AvgIpc) is 1.77. The second kappa shape index (κ2) is 2.89. The van der Waals surface area contributed by atoms with Gasteiger partial charge in [-0.05, 0) is 6.42 Å². The van der Waals surface area contributed by atoms with Crippen molar-refractivity contribution in [2.24, 2.45) is 5.73 Å². The van der Waals surface area contributed by atoms with Crippen LogP contribution in [0.3, 0.4) is 0 Å². The molecule has 13 heavy (non-hydrogen) atoms. The fraction of sp³-hybridized carbons (Fsp3) is 1.00. The zero-order chi connectivity index (χ0) is 10.4. The van der Waals surface area contributed by atoms with E-state index in [1.54, 1.807) is 0 Å². The van der Waals surface area contributed by atoms with Gasteiger partial charge < -0.3 is 5.73 Å². The van der Waals surface area contributed by atoms with Crippen LogP contribution in [0.1, 0.15) is 6.42 Å². The van der Waals surface area contributed by atoms with Crippen LogP contribution in [0.2, 0.25) is 0 Å². The van der Waals surface area contributed by atoms with Crippen molar-refractivity contribution in [3.05, 3.63) is 0 Å². The van der Waals surface area contributed by atoms with Gasteiger partial charge in [0, 0.05) is 6.04 Å². The number of rotatable bonds is 2. The normalized spacial score (nSPS) is 35.5. The van der Waals surface area contributed by atoms with Gasteiger partial charge in [-0.3, -0.25) is 9.11 Å². The summed E-state index contributed by atoms with van der Waals surface area (Å²) < 4.78 is 59.0. The highest BCUT2D eigenvalue weighted by Crippen LogP contribution is 2.30. The molecule has 2 atom stereocenters. The minimum Gasteiger partial charge on any atom is -0.325 e. The van der Waals surface area contributed by atoms with E-state index in [0.29, 0.717) is 0 Å². The Balaban J connectivity index is 2.81. The van der Waals surface area contributed by atoms with Crippen LogP contribution in [0.15, 0.2) is 0 Å². The standard InChI is InChI=1S/C4H9NO6S2/c5-4-2(12(6,7)8)1-3(4)13(9,10)11/h2-4H,1,5H2,(H,6,7,8)(H,9,10,11). The third-order valence-corrected chi connectivity index (χ3v) is 4.63. The molecule has 0 spiro atoms. The number of nitrogens with two attached hydrogens (primary N) is 1. The lowest BCUT2D eigenvalue weighted by Gasteiger charge is -2.37. The van der Waals surface area contributed by atoms with Crippen LogP contribution in [0.5, 0.6) is 0 Å². The van der Waals surface area contributed by atoms with Gasteiger partial charge in [-0.25, -0.2) is 0 Å². The van der Waals surface area contributed by atoms with Crippen molar-refractivity contribution in [2.75, 3.05) is 0 Å². The van der Waals surface area contributed by atoms with E-state index >= 15 is 0 Å². The van der Waals surface area contributed by atoms with Gasteiger partial charge in [0.15, 0.2) is 0 Å². The molecular weight excluding hydrogens is 222 g/mol. The van der Waals surface area contributed by atoms with E-state index < -0.39 is 36.8 Å². The molecule has 9 heteroatoms. The molecule has 0 heterocycles. The predicted molar refractivity (Wildman–Crippen MR) is 43.3 cm³/mol. The molecule has 0 aromatic rings. The van der Waals surface area contributed by atoms with E-state index in [9.17, 15) is 16.8 Å². The van der Waals surface area contributed by atoms with Crippen LogP contribution in [0.25, 0.3) is 0 Å². The monoisotopic (exact) mass is 231 g/mol. The van der Waals surface area contributed by atoms with Crippen molar-refractivity contribution in [1.82, 2.24) is 0 Å². The Morgan fingerprint density at radius 3 is 1.46 bits per heavy atom. The highest BCUT2D eigenvalue weighted by atomic mass is 32.2. The van der Waals surface area contributed by atoms with Crippen LogP contribution in [0.4, 0.5) is 0 Å². The molecule has 0 radical (unpaired) electrons. The Morgan fingerprint density at radius 2 is 1.31 bits per heavy atom. The molecule has 1 rings (SSSR count). The fourth-order valence-corrected chi connectivity index (χ4v) is 3.52. The van der Waals surface area contributed by atoms with E-state index in [-0.39, 0.29) is 6.42 Å². The molecule has 4 N–H and O–H groups in total. The van der Waals surface area contributed by atoms with Gasteiger partial charge in [0.2, 0.25) is 0 Å². The predicted octanol–water partition coefficient (Wildman–Crippen LogP) is -1.77. The van der Waals surface area contributed by atoms with Gasteiger partial charge in [-0.2, -0.15) is 16.8 Å². The van der Waals surface area contributed by atoms with Gasteiger partial charge in [0.05, 0.1) is 0 Å². The van der Waals surface area contributed by atoms with Gasteiger partial charge >= 0.3 is 0 Å². The molecule has 0 bridgehead atoms. The van der Waals surface area contributed by atoms with E-state index in [4.69, 9.17) is 14.8 Å². The Kier molecular flexibility index (Phi) is 2.41. The lowest BCUT2D eigenvalue weighted by Crippen LogP contribution is -2.62. The molecule has 1 aliphatic rings. The molecule has 2 unspecified atom stereocenters. The summed E-state index contributed by atoms with van der Waals surface area (Å²) in [5.74, 6) is 0. The fourth-order valence-electron chi connectivity index (χ4n) is 1.23. The minimum absolute atomic E-state index is 0.362. The molecule has 1 aliphatic carbocycles. The van der Waals surface area contributed by atoms with Crippen LogP contribution in [-0.4, -0.2) is 42.5 Å². The summed E-state index contributed by atoms with van der Waals surface area (Å²) >= 11 is 0. The molecular formula is C4H9NO6S2. The SMILES string of the molecule is NC1C(S(=O)(=O)O)CC1S(=O)(=O)O. The Bertz CT molecular complexity index is 358. The van der Waals surface area contributed by atoms with Crippen LogP contribution in [0, 0.1) is 0 Å². The lowest BCUT2D eigenvalue weighted by molar-refractivity contribution is 0.349. The van der Waals surface area contributed by atoms with Crippen molar-refractivity contribution < 1.29 is 25.9 Å². The van der Waals surface area contributed by atoms with Gasteiger partial charge in [0.1, 0.15) is 10.5 Å². The van der Waals surface area contributed by atoms with Crippen molar-refractivity contribution in [2.45, 2.75) is 23.0 Å². The second-order valence-electron chi connectivity index (χ2n) is 2.92. The lowest BCUT2D eigenvalue weighted by atomic mass is 9.92. The van der Waals surface area contributed by atoms with Gasteiger partial charge in [0.25, 0.3) is 20.2 Å². The van der Waals surface area contributed by atoms with Gasteiger partial charge in [-0.1, -0.05) is 0 Å². The highest BCUT2D eigenvalue weighted by Gasteiger charge is 2.51. The van der Waals surface area contributed by atoms with Crippen molar-refractivity contribution in [3.63, 3.8) is 0 Å². The van der Waals surface area contributed by atoms with Gasteiger partial charge in [-0.15, -0.1) is 0 Å². The van der Waals surface area contributed by atoms with E-state index in [1.807, 2.05) is 0 Å². The summed E-state index contributed by atoms with van der Waals surface area (Å²) in [5.41, 5.74) is 5.16.